The average Bonchev–Trinajstić information content (AvgIpc) is 2.48. The van der Waals surface area contributed by atoms with Gasteiger partial charge in [-0.3, -0.25) is 4.79 Å². The Morgan fingerprint density at radius 1 is 1.00 bits per heavy atom. The highest BCUT2D eigenvalue weighted by atomic mass is 19.1. The number of halogens is 1. The van der Waals surface area contributed by atoms with Crippen LogP contribution in [0.3, 0.4) is 0 Å². The molecule has 0 bridgehead atoms. The maximum absolute atomic E-state index is 13.6. The van der Waals surface area contributed by atoms with E-state index in [4.69, 9.17) is 0 Å². The molecule has 1 N–H and O–H groups in total. The first-order chi connectivity index (χ1) is 9.75. The number of hydrogen-bond acceptors (Lipinski definition) is 2. The van der Waals surface area contributed by atoms with Crippen LogP contribution in [0.1, 0.15) is 11.1 Å². The van der Waals surface area contributed by atoms with Crippen molar-refractivity contribution in [2.75, 3.05) is 0 Å². The lowest BCUT2D eigenvalue weighted by molar-refractivity contribution is 0.625. The summed E-state index contributed by atoms with van der Waals surface area (Å²) in [7, 11) is 0. The number of benzene rings is 2. The molecular formula is C16H11FN2O. The number of nitrogens with one attached hydrogen (secondary N) is 1. The molecule has 98 valence electrons. The molecule has 4 heteroatoms. The van der Waals surface area contributed by atoms with E-state index in [-0.39, 0.29) is 11.4 Å². The molecule has 3 nitrogen and oxygen atoms in total. The highest BCUT2D eigenvalue weighted by molar-refractivity contribution is 5.89. The van der Waals surface area contributed by atoms with Crippen LogP contribution in [0.4, 0.5) is 4.39 Å². The van der Waals surface area contributed by atoms with Gasteiger partial charge in [-0.1, -0.05) is 42.5 Å². The van der Waals surface area contributed by atoms with Crippen LogP contribution in [0.25, 0.3) is 23.1 Å². The molecule has 0 spiro atoms. The van der Waals surface area contributed by atoms with Gasteiger partial charge in [-0.2, -0.15) is 5.10 Å². The summed E-state index contributed by atoms with van der Waals surface area (Å²) in [6.45, 7) is 0. The van der Waals surface area contributed by atoms with E-state index in [9.17, 15) is 9.18 Å². The van der Waals surface area contributed by atoms with Crippen LogP contribution in [-0.4, -0.2) is 10.2 Å². The Balaban J connectivity index is 2.14. The number of aromatic nitrogens is 2. The molecule has 0 aliphatic heterocycles. The van der Waals surface area contributed by atoms with E-state index in [0.29, 0.717) is 16.6 Å². The quantitative estimate of drug-likeness (QED) is 0.774. The lowest BCUT2D eigenvalue weighted by Gasteiger charge is -2.00. The van der Waals surface area contributed by atoms with Crippen LogP contribution >= 0.6 is 0 Å². The summed E-state index contributed by atoms with van der Waals surface area (Å²) in [5.74, 6) is -0.321. The molecule has 0 fully saturated rings. The lowest BCUT2D eigenvalue weighted by Crippen LogP contribution is -2.11. The van der Waals surface area contributed by atoms with E-state index in [1.165, 1.54) is 6.07 Å². The standard InChI is InChI=1S/C16H11FN2O/c17-14-7-3-1-5-11(14)9-10-13-12-6-2-4-8-15(12)18-19-16(13)20/h1-10H,(H,19,20). The molecule has 3 aromatic rings. The largest absolute Gasteiger partial charge is 0.272 e. The third-order valence-electron chi connectivity index (χ3n) is 3.05. The number of nitrogens with zero attached hydrogens (tertiary/aromatic N) is 1. The Bertz CT molecular complexity index is 852. The Labute approximate surface area is 114 Å². The molecule has 0 radical (unpaired) electrons. The molecule has 0 aliphatic rings. The van der Waals surface area contributed by atoms with Crippen LogP contribution in [0, 0.1) is 5.82 Å². The highest BCUT2D eigenvalue weighted by Gasteiger charge is 2.04. The Morgan fingerprint density at radius 2 is 1.75 bits per heavy atom. The molecule has 3 rings (SSSR count). The second-order valence-electron chi connectivity index (χ2n) is 4.34. The normalized spacial score (nSPS) is 11.2. The van der Waals surface area contributed by atoms with Crippen molar-refractivity contribution in [1.82, 2.24) is 10.2 Å². The zero-order chi connectivity index (χ0) is 13.9. The summed E-state index contributed by atoms with van der Waals surface area (Å²) in [5.41, 5.74) is 1.31. The molecule has 0 aliphatic carbocycles. The summed E-state index contributed by atoms with van der Waals surface area (Å²) < 4.78 is 13.6. The van der Waals surface area contributed by atoms with Crippen molar-refractivity contribution in [2.24, 2.45) is 0 Å². The van der Waals surface area contributed by atoms with Crippen LogP contribution in [0.15, 0.2) is 53.3 Å². The van der Waals surface area contributed by atoms with Gasteiger partial charge in [0, 0.05) is 10.9 Å². The fourth-order valence-corrected chi connectivity index (χ4v) is 2.04. The molecule has 1 aromatic heterocycles. The van der Waals surface area contributed by atoms with Crippen molar-refractivity contribution in [2.45, 2.75) is 0 Å². The monoisotopic (exact) mass is 266 g/mol. The van der Waals surface area contributed by atoms with Gasteiger partial charge in [0.1, 0.15) is 5.82 Å². The molecule has 0 saturated heterocycles. The zero-order valence-electron chi connectivity index (χ0n) is 10.5. The number of H-pyrrole nitrogens is 1. The molecule has 0 atom stereocenters. The van der Waals surface area contributed by atoms with Gasteiger partial charge in [0.2, 0.25) is 0 Å². The van der Waals surface area contributed by atoms with Gasteiger partial charge < -0.3 is 0 Å². The first-order valence-electron chi connectivity index (χ1n) is 6.16. The van der Waals surface area contributed by atoms with Gasteiger partial charge in [0.25, 0.3) is 5.56 Å². The van der Waals surface area contributed by atoms with E-state index in [2.05, 4.69) is 10.2 Å². The van der Waals surface area contributed by atoms with Crippen molar-refractivity contribution in [3.63, 3.8) is 0 Å². The molecule has 0 unspecified atom stereocenters. The summed E-state index contributed by atoms with van der Waals surface area (Å²) in [6.07, 6.45) is 3.20. The van der Waals surface area contributed by atoms with Gasteiger partial charge in [0.15, 0.2) is 0 Å². The number of rotatable bonds is 2. The van der Waals surface area contributed by atoms with E-state index in [1.807, 2.05) is 24.3 Å². The predicted molar refractivity (Wildman–Crippen MR) is 77.7 cm³/mol. The second kappa shape index (κ2) is 5.09. The first-order valence-corrected chi connectivity index (χ1v) is 6.16. The molecule has 1 heterocycles. The molecule has 2 aromatic carbocycles. The van der Waals surface area contributed by atoms with Crippen molar-refractivity contribution < 1.29 is 4.39 Å². The van der Waals surface area contributed by atoms with Gasteiger partial charge >= 0.3 is 0 Å². The minimum Gasteiger partial charge on any atom is -0.267 e. The van der Waals surface area contributed by atoms with Crippen LogP contribution < -0.4 is 5.56 Å². The summed E-state index contributed by atoms with van der Waals surface area (Å²) >= 11 is 0. The topological polar surface area (TPSA) is 45.8 Å². The van der Waals surface area contributed by atoms with Crippen LogP contribution in [-0.2, 0) is 0 Å². The molecule has 20 heavy (non-hydrogen) atoms. The van der Waals surface area contributed by atoms with E-state index < -0.39 is 0 Å². The fraction of sp³-hybridized carbons (Fsp3) is 0. The van der Waals surface area contributed by atoms with Gasteiger partial charge in [-0.25, -0.2) is 9.49 Å². The fourth-order valence-electron chi connectivity index (χ4n) is 2.04. The zero-order valence-corrected chi connectivity index (χ0v) is 10.5. The van der Waals surface area contributed by atoms with E-state index in [1.54, 1.807) is 30.4 Å². The Hall–Kier alpha value is -2.75. The van der Waals surface area contributed by atoms with Crippen molar-refractivity contribution in [3.8, 4) is 0 Å². The summed E-state index contributed by atoms with van der Waals surface area (Å²) in [4.78, 5) is 11.9. The number of hydrogen-bond donors (Lipinski definition) is 1. The first kappa shape index (κ1) is 12.3. The second-order valence-corrected chi connectivity index (χ2v) is 4.34. The lowest BCUT2D eigenvalue weighted by atomic mass is 10.1. The van der Waals surface area contributed by atoms with Crippen LogP contribution in [0.2, 0.25) is 0 Å². The smallest absolute Gasteiger partial charge is 0.267 e. The minimum atomic E-state index is -0.321. The third-order valence-corrected chi connectivity index (χ3v) is 3.05. The Morgan fingerprint density at radius 3 is 2.60 bits per heavy atom. The van der Waals surface area contributed by atoms with Crippen molar-refractivity contribution in [1.29, 1.82) is 0 Å². The molecule has 0 saturated carbocycles. The van der Waals surface area contributed by atoms with Crippen LogP contribution in [0.5, 0.6) is 0 Å². The highest BCUT2D eigenvalue weighted by Crippen LogP contribution is 2.16. The van der Waals surface area contributed by atoms with Crippen molar-refractivity contribution >= 4 is 23.1 Å². The third kappa shape index (κ3) is 2.23. The van der Waals surface area contributed by atoms with Crippen molar-refractivity contribution in [3.05, 3.63) is 75.8 Å². The Kier molecular flexibility index (Phi) is 3.13. The van der Waals surface area contributed by atoms with E-state index >= 15 is 0 Å². The number of fused-ring (bicyclic) bond motifs is 1. The predicted octanol–water partition coefficient (Wildman–Crippen LogP) is 3.23. The summed E-state index contributed by atoms with van der Waals surface area (Å²) in [6, 6.07) is 13.7. The molecule has 0 amide bonds. The number of para-hydroxylation sites is 1. The van der Waals surface area contributed by atoms with Gasteiger partial charge in [0.05, 0.1) is 11.1 Å². The molecular weight excluding hydrogens is 255 g/mol. The maximum Gasteiger partial charge on any atom is 0.272 e. The SMILES string of the molecule is O=c1[nH]nc2ccccc2c1C=Cc1ccccc1F. The van der Waals surface area contributed by atoms with Gasteiger partial charge in [-0.15, -0.1) is 0 Å². The average molecular weight is 266 g/mol. The summed E-state index contributed by atoms with van der Waals surface area (Å²) in [5, 5.41) is 7.15. The van der Waals surface area contributed by atoms with E-state index in [0.717, 1.165) is 5.39 Å². The minimum absolute atomic E-state index is 0.295. The van der Waals surface area contributed by atoms with Gasteiger partial charge in [-0.05, 0) is 18.2 Å². The number of aromatic amines is 1. The maximum atomic E-state index is 13.6.